The summed E-state index contributed by atoms with van der Waals surface area (Å²) in [5.74, 6) is 0. The number of thiophene rings is 1. The number of rotatable bonds is 4. The first-order chi connectivity index (χ1) is 14.8. The highest BCUT2D eigenvalue weighted by molar-refractivity contribution is 7.26. The van der Waals surface area contributed by atoms with Crippen LogP contribution in [-0.4, -0.2) is 4.98 Å². The molecule has 6 rings (SSSR count). The van der Waals surface area contributed by atoms with E-state index in [1.807, 2.05) is 11.3 Å². The maximum absolute atomic E-state index is 3.60. The van der Waals surface area contributed by atoms with Crippen LogP contribution < -0.4 is 0 Å². The largest absolute Gasteiger partial charge is 0.355 e. The van der Waals surface area contributed by atoms with E-state index in [1.165, 1.54) is 71.5 Å². The number of hydrogen-bond donors (Lipinski definition) is 1. The highest BCUT2D eigenvalue weighted by Gasteiger charge is 2.12. The highest BCUT2D eigenvalue weighted by atomic mass is 32.1. The molecule has 2 heterocycles. The molecule has 0 aliphatic carbocycles. The van der Waals surface area contributed by atoms with Crippen LogP contribution in [0.15, 0.2) is 78.9 Å². The molecule has 0 bridgehead atoms. The number of aromatic amines is 1. The van der Waals surface area contributed by atoms with E-state index in [0.717, 1.165) is 6.42 Å². The summed E-state index contributed by atoms with van der Waals surface area (Å²) in [5, 5.41) is 5.37. The Hall–Kier alpha value is -3.10. The zero-order valence-corrected chi connectivity index (χ0v) is 17.9. The molecule has 0 saturated heterocycles. The number of aryl methyl sites for hydroxylation is 1. The van der Waals surface area contributed by atoms with E-state index in [9.17, 15) is 0 Å². The fraction of sp³-hybridized carbons (Fsp3) is 0.143. The van der Waals surface area contributed by atoms with Gasteiger partial charge in [0, 0.05) is 42.0 Å². The molecule has 2 aromatic heterocycles. The van der Waals surface area contributed by atoms with Crippen molar-refractivity contribution in [2.45, 2.75) is 26.2 Å². The summed E-state index contributed by atoms with van der Waals surface area (Å²) < 4.78 is 2.73. The Morgan fingerprint density at radius 2 is 1.53 bits per heavy atom. The Morgan fingerprint density at radius 1 is 0.733 bits per heavy atom. The van der Waals surface area contributed by atoms with Gasteiger partial charge in [0.05, 0.1) is 0 Å². The molecule has 0 aliphatic heterocycles. The van der Waals surface area contributed by atoms with E-state index in [-0.39, 0.29) is 0 Å². The van der Waals surface area contributed by atoms with Gasteiger partial charge in [0.15, 0.2) is 0 Å². The molecule has 0 spiro atoms. The molecule has 0 aliphatic rings. The van der Waals surface area contributed by atoms with E-state index in [4.69, 9.17) is 0 Å². The van der Waals surface area contributed by atoms with E-state index >= 15 is 0 Å². The first-order valence-corrected chi connectivity index (χ1v) is 11.6. The van der Waals surface area contributed by atoms with Crippen LogP contribution in [-0.2, 0) is 6.42 Å². The summed E-state index contributed by atoms with van der Waals surface area (Å²) in [4.78, 5) is 3.60. The Morgan fingerprint density at radius 3 is 2.43 bits per heavy atom. The molecule has 0 atom stereocenters. The fourth-order valence-electron chi connectivity index (χ4n) is 4.62. The van der Waals surface area contributed by atoms with Gasteiger partial charge in [-0.3, -0.25) is 0 Å². The minimum absolute atomic E-state index is 1.15. The normalized spacial score (nSPS) is 11.9. The van der Waals surface area contributed by atoms with Gasteiger partial charge in [-0.2, -0.15) is 0 Å². The average molecular weight is 406 g/mol. The summed E-state index contributed by atoms with van der Waals surface area (Å²) in [6.45, 7) is 2.26. The molecular formula is C28H23NS. The molecule has 6 aromatic rings. The molecular weight excluding hydrogens is 382 g/mol. The maximum Gasteiger partial charge on any atom is 0.0465 e. The lowest BCUT2D eigenvalue weighted by Crippen LogP contribution is -1.83. The Balaban J connectivity index is 1.56. The van der Waals surface area contributed by atoms with Crippen LogP contribution >= 0.6 is 11.3 Å². The first-order valence-electron chi connectivity index (χ1n) is 10.8. The molecule has 2 heteroatoms. The smallest absolute Gasteiger partial charge is 0.0465 e. The standard InChI is InChI=1S/C28H23NS/c1-2-3-7-18-12-14-25-23(16-18)24-17-19(13-15-26(24)29-25)20-9-6-10-22-21-8-4-5-11-27(21)30-28(20)22/h4-6,8-17,29H,2-3,7H2,1H3. The minimum Gasteiger partial charge on any atom is -0.355 e. The van der Waals surface area contributed by atoms with Crippen LogP contribution in [0.25, 0.3) is 53.1 Å². The Labute approximate surface area is 180 Å². The number of aromatic nitrogens is 1. The van der Waals surface area contributed by atoms with Gasteiger partial charge >= 0.3 is 0 Å². The second-order valence-corrected chi connectivity index (χ2v) is 9.20. The summed E-state index contributed by atoms with van der Waals surface area (Å²) in [6, 6.07) is 29.2. The molecule has 0 radical (unpaired) electrons. The van der Waals surface area contributed by atoms with Gasteiger partial charge < -0.3 is 4.98 Å². The van der Waals surface area contributed by atoms with Gasteiger partial charge in [-0.25, -0.2) is 0 Å². The van der Waals surface area contributed by atoms with Crippen molar-refractivity contribution < 1.29 is 0 Å². The van der Waals surface area contributed by atoms with Crippen molar-refractivity contribution in [3.05, 3.63) is 84.4 Å². The van der Waals surface area contributed by atoms with Crippen LogP contribution in [0.2, 0.25) is 0 Å². The summed E-state index contributed by atoms with van der Waals surface area (Å²) in [7, 11) is 0. The third-order valence-corrected chi connectivity index (χ3v) is 7.42. The van der Waals surface area contributed by atoms with Gasteiger partial charge in [0.25, 0.3) is 0 Å². The van der Waals surface area contributed by atoms with E-state index in [2.05, 4.69) is 90.8 Å². The lowest BCUT2D eigenvalue weighted by Gasteiger charge is -2.05. The van der Waals surface area contributed by atoms with Gasteiger partial charge in [-0.05, 0) is 59.9 Å². The van der Waals surface area contributed by atoms with Crippen molar-refractivity contribution in [1.82, 2.24) is 4.98 Å². The summed E-state index contributed by atoms with van der Waals surface area (Å²) >= 11 is 1.90. The molecule has 1 nitrogen and oxygen atoms in total. The Bertz CT molecular complexity index is 1530. The summed E-state index contributed by atoms with van der Waals surface area (Å²) in [5.41, 5.74) is 6.49. The lowest BCUT2D eigenvalue weighted by atomic mass is 10.00. The number of hydrogen-bond acceptors (Lipinski definition) is 1. The molecule has 4 aromatic carbocycles. The Kier molecular flexibility index (Phi) is 4.14. The van der Waals surface area contributed by atoms with E-state index in [1.54, 1.807) is 0 Å². The second-order valence-electron chi connectivity index (χ2n) is 8.15. The van der Waals surface area contributed by atoms with E-state index < -0.39 is 0 Å². The quantitative estimate of drug-likeness (QED) is 0.302. The van der Waals surface area contributed by atoms with Crippen molar-refractivity contribution in [2.75, 3.05) is 0 Å². The second kappa shape index (κ2) is 7.00. The molecule has 0 unspecified atom stereocenters. The van der Waals surface area contributed by atoms with Crippen molar-refractivity contribution in [1.29, 1.82) is 0 Å². The SMILES string of the molecule is CCCCc1ccc2[nH]c3ccc(-c4cccc5c4sc4ccccc45)cc3c2c1. The van der Waals surface area contributed by atoms with Crippen molar-refractivity contribution in [2.24, 2.45) is 0 Å². The number of nitrogens with one attached hydrogen (secondary N) is 1. The average Bonchev–Trinajstić information content (AvgIpc) is 3.35. The first kappa shape index (κ1) is 17.7. The minimum atomic E-state index is 1.15. The van der Waals surface area contributed by atoms with Crippen LogP contribution in [0, 0.1) is 0 Å². The third kappa shape index (κ3) is 2.75. The van der Waals surface area contributed by atoms with Crippen LogP contribution in [0.3, 0.4) is 0 Å². The highest BCUT2D eigenvalue weighted by Crippen LogP contribution is 2.40. The molecule has 1 N–H and O–H groups in total. The van der Waals surface area contributed by atoms with Gasteiger partial charge in [0.1, 0.15) is 0 Å². The monoisotopic (exact) mass is 405 g/mol. The number of unbranched alkanes of at least 4 members (excludes halogenated alkanes) is 1. The van der Waals surface area contributed by atoms with Crippen LogP contribution in [0.4, 0.5) is 0 Å². The predicted molar refractivity (Wildman–Crippen MR) is 133 cm³/mol. The molecule has 146 valence electrons. The molecule has 0 saturated carbocycles. The number of fused-ring (bicyclic) bond motifs is 6. The predicted octanol–water partition coefficient (Wildman–Crippen LogP) is 8.70. The lowest BCUT2D eigenvalue weighted by molar-refractivity contribution is 0.796. The van der Waals surface area contributed by atoms with Crippen LogP contribution in [0.5, 0.6) is 0 Å². The van der Waals surface area contributed by atoms with Crippen molar-refractivity contribution >= 4 is 53.3 Å². The molecule has 30 heavy (non-hydrogen) atoms. The number of H-pyrrole nitrogens is 1. The topological polar surface area (TPSA) is 15.8 Å². The van der Waals surface area contributed by atoms with Gasteiger partial charge in [0.2, 0.25) is 0 Å². The molecule has 0 fully saturated rings. The zero-order valence-electron chi connectivity index (χ0n) is 17.0. The third-order valence-electron chi connectivity index (χ3n) is 6.20. The van der Waals surface area contributed by atoms with Gasteiger partial charge in [-0.15, -0.1) is 11.3 Å². The van der Waals surface area contributed by atoms with Gasteiger partial charge in [-0.1, -0.05) is 61.9 Å². The van der Waals surface area contributed by atoms with Crippen molar-refractivity contribution in [3.8, 4) is 11.1 Å². The van der Waals surface area contributed by atoms with Crippen molar-refractivity contribution in [3.63, 3.8) is 0 Å². The zero-order chi connectivity index (χ0) is 20.1. The molecule has 0 amide bonds. The summed E-state index contributed by atoms with van der Waals surface area (Å²) in [6.07, 6.45) is 3.63. The van der Waals surface area contributed by atoms with Crippen LogP contribution in [0.1, 0.15) is 25.3 Å². The fourth-order valence-corrected chi connectivity index (χ4v) is 5.86. The van der Waals surface area contributed by atoms with E-state index in [0.29, 0.717) is 0 Å². The number of benzene rings is 4. The maximum atomic E-state index is 3.60.